The van der Waals surface area contributed by atoms with Crippen LogP contribution in [0.4, 0.5) is 0 Å². The highest BCUT2D eigenvalue weighted by Gasteiger charge is 2.15. The Balaban J connectivity index is 1.58. The number of rotatable bonds is 8. The van der Waals surface area contributed by atoms with Crippen molar-refractivity contribution in [1.82, 2.24) is 14.9 Å². The van der Waals surface area contributed by atoms with E-state index in [1.54, 1.807) is 29.8 Å². The number of amides is 1. The molecule has 2 heterocycles. The molecule has 1 amide bonds. The number of hydrogen-bond donors (Lipinski definition) is 0. The molecule has 3 rings (SSSR count). The fraction of sp³-hybridized carbons (Fsp3) is 0.261. The van der Waals surface area contributed by atoms with Gasteiger partial charge in [0.1, 0.15) is 12.4 Å². The van der Waals surface area contributed by atoms with Crippen molar-refractivity contribution in [2.24, 2.45) is 0 Å². The number of ether oxygens (including phenoxy) is 1. The zero-order valence-corrected chi connectivity index (χ0v) is 17.7. The maximum absolute atomic E-state index is 12.7. The first kappa shape index (κ1) is 20.7. The molecule has 0 aliphatic heterocycles. The van der Waals surface area contributed by atoms with E-state index in [1.165, 1.54) is 0 Å². The summed E-state index contributed by atoms with van der Waals surface area (Å²) in [5.74, 6) is 0.752. The Morgan fingerprint density at radius 3 is 2.66 bits per heavy atom. The van der Waals surface area contributed by atoms with E-state index in [0.29, 0.717) is 13.2 Å². The van der Waals surface area contributed by atoms with Crippen molar-refractivity contribution in [3.8, 4) is 5.75 Å². The maximum atomic E-state index is 12.7. The lowest BCUT2D eigenvalue weighted by molar-refractivity contribution is -0.128. The van der Waals surface area contributed by atoms with E-state index in [0.717, 1.165) is 27.6 Å². The largest absolute Gasteiger partial charge is 0.487 e. The van der Waals surface area contributed by atoms with Crippen LogP contribution in [0, 0.1) is 6.92 Å². The van der Waals surface area contributed by atoms with Crippen molar-refractivity contribution in [2.75, 3.05) is 0 Å². The molecular formula is C23H25N3O2S. The second-order valence-corrected chi connectivity index (χ2v) is 8.03. The number of thiazole rings is 1. The molecule has 0 aliphatic carbocycles. The number of hydrogen-bond acceptors (Lipinski definition) is 5. The predicted octanol–water partition coefficient (Wildman–Crippen LogP) is 4.88. The second kappa shape index (κ2) is 9.98. The molecule has 0 aliphatic rings. The van der Waals surface area contributed by atoms with E-state index in [2.05, 4.69) is 9.97 Å². The lowest BCUT2D eigenvalue weighted by Gasteiger charge is -2.25. The molecule has 5 nitrogen and oxygen atoms in total. The number of benzene rings is 1. The van der Waals surface area contributed by atoms with Gasteiger partial charge in [0.25, 0.3) is 0 Å². The Labute approximate surface area is 175 Å². The molecule has 6 heteroatoms. The van der Waals surface area contributed by atoms with Gasteiger partial charge in [-0.05, 0) is 56.2 Å². The smallest absolute Gasteiger partial charge is 0.247 e. The first-order valence-corrected chi connectivity index (χ1v) is 10.4. The summed E-state index contributed by atoms with van der Waals surface area (Å²) in [6, 6.07) is 11.6. The molecule has 0 atom stereocenters. The molecular weight excluding hydrogens is 382 g/mol. The number of nitrogens with zero attached hydrogens (tertiary/aromatic N) is 3. The molecule has 0 spiro atoms. The molecule has 150 valence electrons. The van der Waals surface area contributed by atoms with Gasteiger partial charge in [0, 0.05) is 36.4 Å². The number of carbonyl (C=O) groups is 1. The van der Waals surface area contributed by atoms with E-state index in [9.17, 15) is 4.79 Å². The van der Waals surface area contributed by atoms with Gasteiger partial charge in [-0.2, -0.15) is 0 Å². The lowest BCUT2D eigenvalue weighted by Crippen LogP contribution is -2.35. The Bertz CT molecular complexity index is 950. The predicted molar refractivity (Wildman–Crippen MR) is 117 cm³/mol. The van der Waals surface area contributed by atoms with Crippen LogP contribution in [0.1, 0.15) is 35.7 Å². The molecule has 0 saturated carbocycles. The molecule has 2 aromatic heterocycles. The minimum atomic E-state index is -0.0249. The van der Waals surface area contributed by atoms with Crippen molar-refractivity contribution in [3.05, 3.63) is 82.1 Å². The van der Waals surface area contributed by atoms with Crippen LogP contribution in [0.5, 0.6) is 5.75 Å². The van der Waals surface area contributed by atoms with Gasteiger partial charge in [0.15, 0.2) is 0 Å². The Morgan fingerprint density at radius 1 is 1.24 bits per heavy atom. The van der Waals surface area contributed by atoms with Gasteiger partial charge in [0.2, 0.25) is 5.91 Å². The topological polar surface area (TPSA) is 55.3 Å². The number of pyridine rings is 1. The van der Waals surface area contributed by atoms with Gasteiger partial charge < -0.3 is 9.64 Å². The minimum Gasteiger partial charge on any atom is -0.487 e. The van der Waals surface area contributed by atoms with Gasteiger partial charge in [0.05, 0.1) is 10.7 Å². The average Bonchev–Trinajstić information content (AvgIpc) is 3.15. The summed E-state index contributed by atoms with van der Waals surface area (Å²) in [7, 11) is 0. The number of aromatic nitrogens is 2. The Morgan fingerprint density at radius 2 is 2.03 bits per heavy atom. The highest BCUT2D eigenvalue weighted by Crippen LogP contribution is 2.17. The molecule has 0 fully saturated rings. The van der Waals surface area contributed by atoms with E-state index in [-0.39, 0.29) is 11.9 Å². The minimum absolute atomic E-state index is 0.0249. The highest BCUT2D eigenvalue weighted by molar-refractivity contribution is 7.09. The van der Waals surface area contributed by atoms with Crippen LogP contribution in [0.2, 0.25) is 0 Å². The van der Waals surface area contributed by atoms with Crippen LogP contribution in [0.25, 0.3) is 6.08 Å². The Kier molecular flexibility index (Phi) is 7.14. The lowest BCUT2D eigenvalue weighted by atomic mass is 10.2. The summed E-state index contributed by atoms with van der Waals surface area (Å²) in [6.07, 6.45) is 6.97. The van der Waals surface area contributed by atoms with Crippen molar-refractivity contribution in [3.63, 3.8) is 0 Å². The fourth-order valence-electron chi connectivity index (χ4n) is 2.77. The van der Waals surface area contributed by atoms with Crippen LogP contribution in [-0.4, -0.2) is 26.8 Å². The van der Waals surface area contributed by atoms with Crippen LogP contribution in [0.15, 0.2) is 60.2 Å². The van der Waals surface area contributed by atoms with Gasteiger partial charge >= 0.3 is 0 Å². The van der Waals surface area contributed by atoms with Crippen LogP contribution < -0.4 is 4.74 Å². The van der Waals surface area contributed by atoms with Gasteiger partial charge in [-0.15, -0.1) is 11.3 Å². The zero-order valence-electron chi connectivity index (χ0n) is 16.9. The van der Waals surface area contributed by atoms with Gasteiger partial charge in [-0.3, -0.25) is 9.78 Å². The highest BCUT2D eigenvalue weighted by atomic mass is 32.1. The third-order valence-corrected chi connectivity index (χ3v) is 5.16. The van der Waals surface area contributed by atoms with Crippen molar-refractivity contribution >= 4 is 23.3 Å². The number of aryl methyl sites for hydroxylation is 1. The van der Waals surface area contributed by atoms with Crippen molar-refractivity contribution in [2.45, 2.75) is 40.0 Å². The summed E-state index contributed by atoms with van der Waals surface area (Å²) in [4.78, 5) is 23.0. The Hall–Kier alpha value is -2.99. The summed E-state index contributed by atoms with van der Waals surface area (Å²) < 4.78 is 5.76. The molecule has 1 aromatic carbocycles. The van der Waals surface area contributed by atoms with E-state index in [1.807, 2.05) is 73.5 Å². The van der Waals surface area contributed by atoms with E-state index < -0.39 is 0 Å². The van der Waals surface area contributed by atoms with Crippen LogP contribution >= 0.6 is 11.3 Å². The first-order valence-electron chi connectivity index (χ1n) is 9.52. The van der Waals surface area contributed by atoms with E-state index in [4.69, 9.17) is 4.74 Å². The van der Waals surface area contributed by atoms with Crippen LogP contribution in [-0.2, 0) is 17.9 Å². The van der Waals surface area contributed by atoms with E-state index >= 15 is 0 Å². The molecule has 0 bridgehead atoms. The SMILES string of the molecule is Cc1nc(COc2ccc(/C=C/C(=O)N(Cc3cccnc3)C(C)C)cc2)cs1. The second-order valence-electron chi connectivity index (χ2n) is 6.97. The van der Waals surface area contributed by atoms with Crippen LogP contribution in [0.3, 0.4) is 0 Å². The third kappa shape index (κ3) is 6.26. The normalized spacial score (nSPS) is 11.2. The molecule has 29 heavy (non-hydrogen) atoms. The molecule has 0 unspecified atom stereocenters. The molecule has 0 radical (unpaired) electrons. The standard InChI is InChI=1S/C23H25N3O2S/c1-17(2)26(14-20-5-4-12-24-13-20)23(27)11-8-19-6-9-22(10-7-19)28-15-21-16-29-18(3)25-21/h4-13,16-17H,14-15H2,1-3H3/b11-8+. The third-order valence-electron chi connectivity index (χ3n) is 4.33. The monoisotopic (exact) mass is 407 g/mol. The summed E-state index contributed by atoms with van der Waals surface area (Å²) in [5, 5.41) is 3.04. The van der Waals surface area contributed by atoms with Crippen molar-refractivity contribution < 1.29 is 9.53 Å². The summed E-state index contributed by atoms with van der Waals surface area (Å²) in [6.45, 7) is 7.00. The maximum Gasteiger partial charge on any atom is 0.247 e. The zero-order chi connectivity index (χ0) is 20.6. The quantitative estimate of drug-likeness (QED) is 0.500. The molecule has 3 aromatic rings. The molecule has 0 N–H and O–H groups in total. The summed E-state index contributed by atoms with van der Waals surface area (Å²) in [5.41, 5.74) is 2.89. The first-order chi connectivity index (χ1) is 14.0. The van der Waals surface area contributed by atoms with Gasteiger partial charge in [-0.1, -0.05) is 18.2 Å². The van der Waals surface area contributed by atoms with Crippen molar-refractivity contribution in [1.29, 1.82) is 0 Å². The van der Waals surface area contributed by atoms with Gasteiger partial charge in [-0.25, -0.2) is 4.98 Å². The number of carbonyl (C=O) groups excluding carboxylic acids is 1. The molecule has 0 saturated heterocycles. The summed E-state index contributed by atoms with van der Waals surface area (Å²) >= 11 is 1.62. The average molecular weight is 408 g/mol. The fourth-order valence-corrected chi connectivity index (χ4v) is 3.37.